The highest BCUT2D eigenvalue weighted by Gasteiger charge is 2.45. The van der Waals surface area contributed by atoms with E-state index in [1.165, 1.54) is 0 Å². The molecule has 36 heavy (non-hydrogen) atoms. The summed E-state index contributed by atoms with van der Waals surface area (Å²) < 4.78 is 43.0. The Hall–Kier alpha value is -3.64. The monoisotopic (exact) mass is 521 g/mol. The molecule has 0 spiro atoms. The Kier molecular flexibility index (Phi) is 7.45. The second kappa shape index (κ2) is 10.5. The molecule has 1 aliphatic rings. The Labute approximate surface area is 209 Å². The Balaban J connectivity index is 1.55. The van der Waals surface area contributed by atoms with E-state index in [-0.39, 0.29) is 17.8 Å². The van der Waals surface area contributed by atoms with Crippen molar-refractivity contribution in [1.29, 1.82) is 0 Å². The van der Waals surface area contributed by atoms with E-state index in [4.69, 9.17) is 22.1 Å². The molecular formula is C23H23ClF3N7O2. The van der Waals surface area contributed by atoms with E-state index in [2.05, 4.69) is 30.9 Å². The van der Waals surface area contributed by atoms with Crippen LogP contribution in [0.15, 0.2) is 48.5 Å². The summed E-state index contributed by atoms with van der Waals surface area (Å²) in [6.07, 6.45) is -3.01. The molecule has 0 saturated heterocycles. The number of carbonyl (C=O) groups is 1. The third kappa shape index (κ3) is 6.73. The predicted octanol–water partition coefficient (Wildman–Crippen LogP) is 4.00. The SMILES string of the molecule is NCCNC(=O)c1ccc(Nc2nc(NC3(c4ccc(Cl)cc4)CC3)nc(OCC(F)(F)F)n2)cc1. The Morgan fingerprint density at radius 3 is 2.31 bits per heavy atom. The zero-order valence-corrected chi connectivity index (χ0v) is 19.7. The van der Waals surface area contributed by atoms with Crippen LogP contribution in [0.5, 0.6) is 6.01 Å². The highest BCUT2D eigenvalue weighted by molar-refractivity contribution is 6.30. The third-order valence-corrected chi connectivity index (χ3v) is 5.56. The fraction of sp³-hybridized carbons (Fsp3) is 0.304. The number of rotatable bonds is 10. The van der Waals surface area contributed by atoms with Gasteiger partial charge in [-0.3, -0.25) is 4.79 Å². The average Bonchev–Trinajstić information content (AvgIpc) is 3.62. The number of aromatic nitrogens is 3. The molecule has 1 aliphatic carbocycles. The zero-order chi connectivity index (χ0) is 25.8. The molecule has 0 aliphatic heterocycles. The molecule has 5 N–H and O–H groups in total. The number of benzene rings is 2. The number of nitrogens with two attached hydrogens (primary N) is 1. The van der Waals surface area contributed by atoms with Gasteiger partial charge in [0.1, 0.15) is 0 Å². The van der Waals surface area contributed by atoms with Crippen LogP contribution in [0.1, 0.15) is 28.8 Å². The number of nitrogens with zero attached hydrogens (tertiary/aromatic N) is 3. The number of nitrogens with one attached hydrogen (secondary N) is 3. The first-order valence-electron chi connectivity index (χ1n) is 11.0. The van der Waals surface area contributed by atoms with Crippen molar-refractivity contribution in [1.82, 2.24) is 20.3 Å². The average molecular weight is 522 g/mol. The number of anilines is 3. The lowest BCUT2D eigenvalue weighted by atomic mass is 10.1. The molecule has 190 valence electrons. The van der Waals surface area contributed by atoms with Crippen LogP contribution < -0.4 is 26.4 Å². The maximum absolute atomic E-state index is 12.7. The Morgan fingerprint density at radius 1 is 1.03 bits per heavy atom. The molecule has 0 bridgehead atoms. The van der Waals surface area contributed by atoms with E-state index in [9.17, 15) is 18.0 Å². The van der Waals surface area contributed by atoms with Gasteiger partial charge in [0.15, 0.2) is 6.61 Å². The third-order valence-electron chi connectivity index (χ3n) is 5.31. The molecular weight excluding hydrogens is 499 g/mol. The van der Waals surface area contributed by atoms with Gasteiger partial charge in [-0.25, -0.2) is 0 Å². The van der Waals surface area contributed by atoms with Crippen LogP contribution in [-0.4, -0.2) is 46.7 Å². The summed E-state index contributed by atoms with van der Waals surface area (Å²) in [6, 6.07) is 13.2. The zero-order valence-electron chi connectivity index (χ0n) is 18.9. The van der Waals surface area contributed by atoms with Crippen molar-refractivity contribution in [2.45, 2.75) is 24.6 Å². The van der Waals surface area contributed by atoms with E-state index < -0.39 is 24.3 Å². The molecule has 9 nitrogen and oxygen atoms in total. The smallest absolute Gasteiger partial charge is 0.422 e. The molecule has 13 heteroatoms. The first kappa shape index (κ1) is 25.5. The number of halogens is 4. The van der Waals surface area contributed by atoms with Crippen molar-refractivity contribution in [3.05, 3.63) is 64.7 Å². The maximum atomic E-state index is 12.7. The van der Waals surface area contributed by atoms with Crippen molar-refractivity contribution >= 4 is 35.1 Å². The van der Waals surface area contributed by atoms with Crippen molar-refractivity contribution in [3.63, 3.8) is 0 Å². The van der Waals surface area contributed by atoms with Crippen LogP contribution in [-0.2, 0) is 5.54 Å². The fourth-order valence-electron chi connectivity index (χ4n) is 3.39. The largest absolute Gasteiger partial charge is 0.454 e. The molecule has 1 heterocycles. The minimum atomic E-state index is -4.56. The Morgan fingerprint density at radius 2 is 1.69 bits per heavy atom. The summed E-state index contributed by atoms with van der Waals surface area (Å²) in [5.41, 5.74) is 6.79. The number of carbonyl (C=O) groups excluding carboxylic acids is 1. The van der Waals surface area contributed by atoms with Crippen LogP contribution >= 0.6 is 11.6 Å². The highest BCUT2D eigenvalue weighted by Crippen LogP contribution is 2.48. The molecule has 0 atom stereocenters. The minimum absolute atomic E-state index is 0.0306. The molecule has 0 radical (unpaired) electrons. The fourth-order valence-corrected chi connectivity index (χ4v) is 3.52. The topological polar surface area (TPSA) is 127 Å². The molecule has 4 rings (SSSR count). The van der Waals surface area contributed by atoms with Gasteiger partial charge in [0.2, 0.25) is 11.9 Å². The van der Waals surface area contributed by atoms with Crippen LogP contribution in [0.4, 0.5) is 30.8 Å². The summed E-state index contributed by atoms with van der Waals surface area (Å²) in [6.45, 7) is -0.887. The summed E-state index contributed by atoms with van der Waals surface area (Å²) in [4.78, 5) is 24.3. The van der Waals surface area contributed by atoms with Gasteiger partial charge in [-0.1, -0.05) is 23.7 Å². The maximum Gasteiger partial charge on any atom is 0.422 e. The number of hydrogen-bond donors (Lipinski definition) is 4. The highest BCUT2D eigenvalue weighted by atomic mass is 35.5. The molecule has 0 unspecified atom stereocenters. The van der Waals surface area contributed by atoms with Crippen molar-refractivity contribution in [2.24, 2.45) is 5.73 Å². The second-order valence-electron chi connectivity index (χ2n) is 8.13. The lowest BCUT2D eigenvalue weighted by Gasteiger charge is -2.19. The number of amides is 1. The van der Waals surface area contributed by atoms with E-state index in [0.717, 1.165) is 18.4 Å². The van der Waals surface area contributed by atoms with Crippen molar-refractivity contribution in [3.8, 4) is 6.01 Å². The van der Waals surface area contributed by atoms with E-state index in [1.54, 1.807) is 36.4 Å². The van der Waals surface area contributed by atoms with Gasteiger partial charge in [-0.05, 0) is 54.8 Å². The minimum Gasteiger partial charge on any atom is -0.454 e. The summed E-state index contributed by atoms with van der Waals surface area (Å²) in [7, 11) is 0. The normalized spacial score (nSPS) is 14.1. The predicted molar refractivity (Wildman–Crippen MR) is 128 cm³/mol. The van der Waals surface area contributed by atoms with E-state index >= 15 is 0 Å². The van der Waals surface area contributed by atoms with Gasteiger partial charge in [0.05, 0.1) is 5.54 Å². The number of hydrogen-bond acceptors (Lipinski definition) is 8. The standard InChI is InChI=1S/C23H23ClF3N7O2/c24-16-5-3-15(4-6-16)22(9-10-22)34-20-31-19(32-21(33-20)36-13-23(25,26)27)30-17-7-1-14(2-8-17)18(35)29-12-11-28/h1-8H,9-13,28H2,(H,29,35)(H2,30,31,32,33,34). The van der Waals surface area contributed by atoms with E-state index in [1.807, 2.05) is 12.1 Å². The van der Waals surface area contributed by atoms with Gasteiger partial charge < -0.3 is 26.4 Å². The van der Waals surface area contributed by atoms with Crippen molar-refractivity contribution in [2.75, 3.05) is 30.3 Å². The first-order chi connectivity index (χ1) is 17.2. The lowest BCUT2D eigenvalue weighted by Crippen LogP contribution is -2.28. The number of ether oxygens (including phenoxy) is 1. The summed E-state index contributed by atoms with van der Waals surface area (Å²) in [5, 5.41) is 9.37. The van der Waals surface area contributed by atoms with Gasteiger partial charge in [0, 0.05) is 29.4 Å². The van der Waals surface area contributed by atoms with Gasteiger partial charge in [0.25, 0.3) is 5.91 Å². The van der Waals surface area contributed by atoms with Crippen molar-refractivity contribution < 1.29 is 22.7 Å². The second-order valence-corrected chi connectivity index (χ2v) is 8.57. The van der Waals surface area contributed by atoms with Gasteiger partial charge in [-0.2, -0.15) is 28.1 Å². The molecule has 1 amide bonds. The van der Waals surface area contributed by atoms with Crippen LogP contribution in [0, 0.1) is 0 Å². The summed E-state index contributed by atoms with van der Waals surface area (Å²) in [5.74, 6) is -0.259. The van der Waals surface area contributed by atoms with Gasteiger partial charge in [-0.15, -0.1) is 0 Å². The number of alkyl halides is 3. The lowest BCUT2D eigenvalue weighted by molar-refractivity contribution is -0.154. The van der Waals surface area contributed by atoms with Crippen LogP contribution in [0.25, 0.3) is 0 Å². The molecule has 3 aromatic rings. The van der Waals surface area contributed by atoms with E-state index in [0.29, 0.717) is 29.4 Å². The van der Waals surface area contributed by atoms with Crippen LogP contribution in [0.3, 0.4) is 0 Å². The molecule has 1 aromatic heterocycles. The van der Waals surface area contributed by atoms with Gasteiger partial charge >= 0.3 is 12.2 Å². The Bertz CT molecular complexity index is 1200. The quantitative estimate of drug-likeness (QED) is 0.315. The van der Waals surface area contributed by atoms with Crippen LogP contribution in [0.2, 0.25) is 5.02 Å². The summed E-state index contributed by atoms with van der Waals surface area (Å²) >= 11 is 5.98. The molecule has 2 aromatic carbocycles. The molecule has 1 fully saturated rings. The first-order valence-corrected chi connectivity index (χ1v) is 11.4. The molecule has 1 saturated carbocycles.